The predicted octanol–water partition coefficient (Wildman–Crippen LogP) is 3.67. The zero-order valence-corrected chi connectivity index (χ0v) is 13.8. The van der Waals surface area contributed by atoms with E-state index in [1.807, 2.05) is 45.0 Å². The van der Waals surface area contributed by atoms with Crippen molar-refractivity contribution in [2.75, 3.05) is 6.54 Å². The van der Waals surface area contributed by atoms with Gasteiger partial charge in [0.05, 0.1) is 0 Å². The Balaban J connectivity index is 1.78. The number of nitrogens with zero attached hydrogens (tertiary/aromatic N) is 1. The maximum absolute atomic E-state index is 12.6. The lowest BCUT2D eigenvalue weighted by atomic mass is 9.55. The number of fused-ring (bicyclic) bond motifs is 1. The molecule has 1 aromatic rings. The summed E-state index contributed by atoms with van der Waals surface area (Å²) in [5, 5.41) is 0. The molecule has 0 N–H and O–H groups in total. The zero-order chi connectivity index (χ0) is 16.4. The van der Waals surface area contributed by atoms with Gasteiger partial charge in [-0.05, 0) is 45.1 Å². The highest BCUT2D eigenvalue weighted by Gasteiger charge is 2.61. The van der Waals surface area contributed by atoms with Crippen LogP contribution in [-0.2, 0) is 10.2 Å². The largest absolute Gasteiger partial charge is 0.443 e. The highest BCUT2D eigenvalue weighted by atomic mass is 16.6. The number of rotatable bonds is 0. The molecule has 2 atom stereocenters. The summed E-state index contributed by atoms with van der Waals surface area (Å²) in [4.78, 5) is 26.8. The van der Waals surface area contributed by atoms with E-state index in [4.69, 9.17) is 4.74 Å². The molecule has 0 aromatic heterocycles. The van der Waals surface area contributed by atoms with Crippen LogP contribution in [-0.4, -0.2) is 28.9 Å². The molecule has 4 heteroatoms. The summed E-state index contributed by atoms with van der Waals surface area (Å²) in [6, 6.07) is 7.83. The van der Waals surface area contributed by atoms with Crippen molar-refractivity contribution in [3.05, 3.63) is 47.2 Å². The van der Waals surface area contributed by atoms with Crippen LogP contribution in [0.3, 0.4) is 0 Å². The molecule has 1 aromatic carbocycles. The molecule has 0 bridgehead atoms. The van der Waals surface area contributed by atoms with E-state index in [9.17, 15) is 9.59 Å². The van der Waals surface area contributed by atoms with Gasteiger partial charge in [0, 0.05) is 29.3 Å². The van der Waals surface area contributed by atoms with Crippen molar-refractivity contribution in [2.45, 2.75) is 44.6 Å². The van der Waals surface area contributed by atoms with E-state index < -0.39 is 5.60 Å². The standard InChI is InChI=1S/C19H21NO3/c1-18(2,3)23-17(22)20-11-12-8-9-19(12)14-7-5-4-6-13(14)15(21)10-16(19)20/h4-7,10,12H,8-9,11H2,1-3H3/t12-,19-/m1/s1. The third-order valence-electron chi connectivity index (χ3n) is 5.29. The van der Waals surface area contributed by atoms with Crippen LogP contribution < -0.4 is 0 Å². The van der Waals surface area contributed by atoms with Crippen LogP contribution in [0, 0.1) is 5.92 Å². The van der Waals surface area contributed by atoms with Crippen molar-refractivity contribution in [3.63, 3.8) is 0 Å². The molecule has 2 fully saturated rings. The van der Waals surface area contributed by atoms with Crippen LogP contribution in [0.1, 0.15) is 49.5 Å². The minimum atomic E-state index is -0.539. The van der Waals surface area contributed by atoms with Crippen molar-refractivity contribution >= 4 is 11.9 Å². The number of benzene rings is 1. The van der Waals surface area contributed by atoms with Crippen molar-refractivity contribution in [2.24, 2.45) is 5.92 Å². The lowest BCUT2D eigenvalue weighted by Crippen LogP contribution is -2.45. The van der Waals surface area contributed by atoms with Gasteiger partial charge in [0.15, 0.2) is 5.78 Å². The van der Waals surface area contributed by atoms with Crippen molar-refractivity contribution in [1.82, 2.24) is 4.90 Å². The zero-order valence-electron chi connectivity index (χ0n) is 13.8. The summed E-state index contributed by atoms with van der Waals surface area (Å²) >= 11 is 0. The Kier molecular flexibility index (Phi) is 2.81. The fraction of sp³-hybridized carbons (Fsp3) is 0.474. The Morgan fingerprint density at radius 2 is 2.04 bits per heavy atom. The van der Waals surface area contributed by atoms with Gasteiger partial charge < -0.3 is 4.74 Å². The number of likely N-dealkylation sites (tertiary alicyclic amines) is 1. The predicted molar refractivity (Wildman–Crippen MR) is 86.2 cm³/mol. The first-order valence-corrected chi connectivity index (χ1v) is 8.19. The minimum absolute atomic E-state index is 0.0117. The first kappa shape index (κ1) is 14.5. The first-order valence-electron chi connectivity index (χ1n) is 8.19. The Hall–Kier alpha value is -2.10. The molecular weight excluding hydrogens is 290 g/mol. The first-order chi connectivity index (χ1) is 10.8. The fourth-order valence-electron chi connectivity index (χ4n) is 4.26. The fourth-order valence-corrected chi connectivity index (χ4v) is 4.26. The average molecular weight is 311 g/mol. The summed E-state index contributed by atoms with van der Waals surface area (Å²) in [6.45, 7) is 6.23. The number of ether oxygens (including phenoxy) is 1. The third-order valence-corrected chi connectivity index (χ3v) is 5.29. The van der Waals surface area contributed by atoms with E-state index in [0.717, 1.165) is 29.7 Å². The van der Waals surface area contributed by atoms with Gasteiger partial charge in [-0.15, -0.1) is 0 Å². The SMILES string of the molecule is CC(C)(C)OC(=O)N1C[C@H]2CC[C@@]23C1=CC(=O)c1ccccc13. The van der Waals surface area contributed by atoms with Crippen LogP contribution in [0.5, 0.6) is 0 Å². The second kappa shape index (κ2) is 4.47. The van der Waals surface area contributed by atoms with E-state index >= 15 is 0 Å². The van der Waals surface area contributed by atoms with Crippen molar-refractivity contribution in [1.29, 1.82) is 0 Å². The normalized spacial score (nSPS) is 28.3. The van der Waals surface area contributed by atoms with Crippen molar-refractivity contribution < 1.29 is 14.3 Å². The van der Waals surface area contributed by atoms with Crippen LogP contribution in [0.2, 0.25) is 0 Å². The summed E-state index contributed by atoms with van der Waals surface area (Å²) in [5.41, 5.74) is 2.01. The highest BCUT2D eigenvalue weighted by molar-refractivity contribution is 6.08. The van der Waals surface area contributed by atoms with Gasteiger partial charge in [-0.3, -0.25) is 9.69 Å². The molecule has 3 aliphatic rings. The van der Waals surface area contributed by atoms with Crippen LogP contribution in [0.15, 0.2) is 36.0 Å². The molecule has 4 nitrogen and oxygen atoms in total. The molecule has 1 aliphatic heterocycles. The van der Waals surface area contributed by atoms with Gasteiger partial charge in [-0.2, -0.15) is 0 Å². The number of carbonyl (C=O) groups is 2. The lowest BCUT2D eigenvalue weighted by Gasteiger charge is -2.47. The number of carbonyl (C=O) groups excluding carboxylic acids is 2. The smallest absolute Gasteiger partial charge is 0.414 e. The molecule has 1 saturated carbocycles. The molecule has 1 amide bonds. The van der Waals surface area contributed by atoms with Gasteiger partial charge in [-0.1, -0.05) is 24.3 Å². The Labute approximate surface area is 136 Å². The maximum atomic E-state index is 12.6. The van der Waals surface area contributed by atoms with Gasteiger partial charge in [0.1, 0.15) is 5.60 Å². The molecular formula is C19H21NO3. The van der Waals surface area contributed by atoms with E-state index in [1.54, 1.807) is 11.0 Å². The Bertz CT molecular complexity index is 743. The van der Waals surface area contributed by atoms with Crippen molar-refractivity contribution in [3.8, 4) is 0 Å². The number of amides is 1. The average Bonchev–Trinajstić information content (AvgIpc) is 2.66. The van der Waals surface area contributed by atoms with Gasteiger partial charge >= 0.3 is 6.09 Å². The summed E-state index contributed by atoms with van der Waals surface area (Å²) < 4.78 is 5.55. The third kappa shape index (κ3) is 1.90. The van der Waals surface area contributed by atoms with Gasteiger partial charge in [-0.25, -0.2) is 4.79 Å². The number of ketones is 1. The quantitative estimate of drug-likeness (QED) is 0.734. The van der Waals surface area contributed by atoms with Gasteiger partial charge in [0.2, 0.25) is 0 Å². The van der Waals surface area contributed by atoms with Gasteiger partial charge in [0.25, 0.3) is 0 Å². The summed E-state index contributed by atoms with van der Waals surface area (Å²) in [7, 11) is 0. The Morgan fingerprint density at radius 1 is 1.30 bits per heavy atom. The summed E-state index contributed by atoms with van der Waals surface area (Å²) in [6.07, 6.45) is 3.39. The number of hydrogen-bond acceptors (Lipinski definition) is 3. The lowest BCUT2D eigenvalue weighted by molar-refractivity contribution is 0.0331. The second-order valence-electron chi connectivity index (χ2n) is 7.74. The highest BCUT2D eigenvalue weighted by Crippen LogP contribution is 2.61. The van der Waals surface area contributed by atoms with E-state index in [0.29, 0.717) is 12.5 Å². The molecule has 1 heterocycles. The molecule has 0 unspecified atom stereocenters. The van der Waals surface area contributed by atoms with Crippen LogP contribution >= 0.6 is 0 Å². The van der Waals surface area contributed by atoms with Crippen LogP contribution in [0.25, 0.3) is 0 Å². The monoisotopic (exact) mass is 311 g/mol. The maximum Gasteiger partial charge on any atom is 0.414 e. The number of allylic oxidation sites excluding steroid dienone is 2. The van der Waals surface area contributed by atoms with E-state index in [2.05, 4.69) is 0 Å². The molecule has 4 rings (SSSR count). The summed E-state index contributed by atoms with van der Waals surface area (Å²) in [5.74, 6) is 0.373. The van der Waals surface area contributed by atoms with E-state index in [1.165, 1.54) is 0 Å². The molecule has 2 aliphatic carbocycles. The van der Waals surface area contributed by atoms with E-state index in [-0.39, 0.29) is 17.3 Å². The second-order valence-corrected chi connectivity index (χ2v) is 7.74. The molecule has 23 heavy (non-hydrogen) atoms. The molecule has 0 radical (unpaired) electrons. The molecule has 1 saturated heterocycles. The Morgan fingerprint density at radius 3 is 2.70 bits per heavy atom. The molecule has 120 valence electrons. The molecule has 1 spiro atoms. The number of hydrogen-bond donors (Lipinski definition) is 0. The topological polar surface area (TPSA) is 46.6 Å². The minimum Gasteiger partial charge on any atom is -0.443 e. The van der Waals surface area contributed by atoms with Crippen LogP contribution in [0.4, 0.5) is 4.79 Å².